The van der Waals surface area contributed by atoms with Crippen molar-refractivity contribution >= 4 is 11.8 Å². The molecule has 20 heavy (non-hydrogen) atoms. The maximum absolute atomic E-state index is 12.8. The number of piperazine rings is 1. The highest BCUT2D eigenvalue weighted by Gasteiger charge is 2.30. The predicted molar refractivity (Wildman–Crippen MR) is 72.3 cm³/mol. The van der Waals surface area contributed by atoms with Crippen molar-refractivity contribution in [1.82, 2.24) is 9.80 Å². The largest absolute Gasteiger partial charge is 0.368 e. The van der Waals surface area contributed by atoms with Gasteiger partial charge in [-0.3, -0.25) is 14.5 Å². The summed E-state index contributed by atoms with van der Waals surface area (Å²) in [5.41, 5.74) is 6.08. The highest BCUT2D eigenvalue weighted by Crippen LogP contribution is 2.11. The SMILES string of the molecule is CN1CCN(C(=O)Cc2ccc(F)cc2)CC1C(N)=O. The summed E-state index contributed by atoms with van der Waals surface area (Å²) >= 11 is 0. The lowest BCUT2D eigenvalue weighted by molar-refractivity contribution is -0.135. The lowest BCUT2D eigenvalue weighted by Gasteiger charge is -2.37. The van der Waals surface area contributed by atoms with Crippen molar-refractivity contribution in [3.8, 4) is 0 Å². The van der Waals surface area contributed by atoms with Crippen molar-refractivity contribution in [2.75, 3.05) is 26.7 Å². The topological polar surface area (TPSA) is 66.6 Å². The second-order valence-corrected chi connectivity index (χ2v) is 5.04. The number of hydrogen-bond donors (Lipinski definition) is 1. The standard InChI is InChI=1S/C14H18FN3O2/c1-17-6-7-18(9-12(17)14(16)20)13(19)8-10-2-4-11(15)5-3-10/h2-5,12H,6-9H2,1H3,(H2,16,20). The molecule has 0 spiro atoms. The van der Waals surface area contributed by atoms with Crippen LogP contribution >= 0.6 is 0 Å². The van der Waals surface area contributed by atoms with E-state index in [1.165, 1.54) is 12.1 Å². The molecule has 2 amide bonds. The molecule has 2 N–H and O–H groups in total. The number of primary amides is 1. The normalized spacial score (nSPS) is 19.9. The van der Waals surface area contributed by atoms with Gasteiger partial charge in [-0.05, 0) is 24.7 Å². The fraction of sp³-hybridized carbons (Fsp3) is 0.429. The Morgan fingerprint density at radius 1 is 1.30 bits per heavy atom. The molecule has 1 aliphatic rings. The maximum atomic E-state index is 12.8. The van der Waals surface area contributed by atoms with E-state index in [9.17, 15) is 14.0 Å². The van der Waals surface area contributed by atoms with Crippen LogP contribution in [-0.2, 0) is 16.0 Å². The van der Waals surface area contributed by atoms with Crippen LogP contribution in [0.25, 0.3) is 0 Å². The molecule has 0 aliphatic carbocycles. The summed E-state index contributed by atoms with van der Waals surface area (Å²) < 4.78 is 12.8. The summed E-state index contributed by atoms with van der Waals surface area (Å²) in [4.78, 5) is 27.0. The molecule has 1 atom stereocenters. The molecule has 0 saturated carbocycles. The van der Waals surface area contributed by atoms with Gasteiger partial charge in [0.25, 0.3) is 0 Å². The molecule has 0 aromatic heterocycles. The van der Waals surface area contributed by atoms with Crippen molar-refractivity contribution in [2.45, 2.75) is 12.5 Å². The van der Waals surface area contributed by atoms with Crippen molar-refractivity contribution < 1.29 is 14.0 Å². The first kappa shape index (κ1) is 14.5. The van der Waals surface area contributed by atoms with E-state index >= 15 is 0 Å². The van der Waals surface area contributed by atoms with Crippen LogP contribution in [0.4, 0.5) is 4.39 Å². The fourth-order valence-electron chi connectivity index (χ4n) is 2.30. The lowest BCUT2D eigenvalue weighted by atomic mass is 10.1. The number of likely N-dealkylation sites (N-methyl/N-ethyl adjacent to an activating group) is 1. The molecule has 6 heteroatoms. The summed E-state index contributed by atoms with van der Waals surface area (Å²) in [6.07, 6.45) is 0.204. The Morgan fingerprint density at radius 2 is 1.95 bits per heavy atom. The maximum Gasteiger partial charge on any atom is 0.236 e. The lowest BCUT2D eigenvalue weighted by Crippen LogP contribution is -2.58. The predicted octanol–water partition coefficient (Wildman–Crippen LogP) is -0.00390. The van der Waals surface area contributed by atoms with E-state index in [4.69, 9.17) is 5.73 Å². The van der Waals surface area contributed by atoms with E-state index in [1.807, 2.05) is 11.9 Å². The number of amides is 2. The Morgan fingerprint density at radius 3 is 2.55 bits per heavy atom. The minimum Gasteiger partial charge on any atom is -0.368 e. The third kappa shape index (κ3) is 3.33. The van der Waals surface area contributed by atoms with Crippen LogP contribution < -0.4 is 5.73 Å². The molecule has 1 unspecified atom stereocenters. The summed E-state index contributed by atoms with van der Waals surface area (Å²) in [6.45, 7) is 1.49. The molecule has 0 radical (unpaired) electrons. The van der Waals surface area contributed by atoms with Crippen LogP contribution in [0.3, 0.4) is 0 Å². The van der Waals surface area contributed by atoms with Gasteiger partial charge in [-0.1, -0.05) is 12.1 Å². The van der Waals surface area contributed by atoms with Crippen LogP contribution in [0.15, 0.2) is 24.3 Å². The monoisotopic (exact) mass is 279 g/mol. The number of carbonyl (C=O) groups is 2. The first-order chi connectivity index (χ1) is 9.47. The molecule has 2 rings (SSSR count). The van der Waals surface area contributed by atoms with E-state index in [0.717, 1.165) is 5.56 Å². The number of nitrogens with zero attached hydrogens (tertiary/aromatic N) is 2. The van der Waals surface area contributed by atoms with Gasteiger partial charge in [-0.25, -0.2) is 4.39 Å². The Bertz CT molecular complexity index is 504. The summed E-state index contributed by atoms with van der Waals surface area (Å²) in [6, 6.07) is 5.40. The number of rotatable bonds is 3. The fourth-order valence-corrected chi connectivity index (χ4v) is 2.30. The quantitative estimate of drug-likeness (QED) is 0.846. The van der Waals surface area contributed by atoms with Gasteiger partial charge in [0.1, 0.15) is 11.9 Å². The molecule has 5 nitrogen and oxygen atoms in total. The van der Waals surface area contributed by atoms with Gasteiger partial charge in [0.15, 0.2) is 0 Å². The highest BCUT2D eigenvalue weighted by molar-refractivity contribution is 5.83. The van der Waals surface area contributed by atoms with Gasteiger partial charge in [-0.2, -0.15) is 0 Å². The van der Waals surface area contributed by atoms with Gasteiger partial charge in [-0.15, -0.1) is 0 Å². The third-order valence-corrected chi connectivity index (χ3v) is 3.60. The van der Waals surface area contributed by atoms with E-state index in [2.05, 4.69) is 0 Å². The van der Waals surface area contributed by atoms with E-state index in [0.29, 0.717) is 19.6 Å². The van der Waals surface area contributed by atoms with Crippen LogP contribution in [0.2, 0.25) is 0 Å². The number of nitrogens with two attached hydrogens (primary N) is 1. The average Bonchev–Trinajstić information content (AvgIpc) is 2.41. The Labute approximate surface area is 117 Å². The minimum atomic E-state index is -0.444. The van der Waals surface area contributed by atoms with E-state index in [1.54, 1.807) is 17.0 Å². The van der Waals surface area contributed by atoms with E-state index < -0.39 is 11.9 Å². The summed E-state index contributed by atoms with van der Waals surface area (Å²) in [7, 11) is 1.82. The molecule has 1 fully saturated rings. The smallest absolute Gasteiger partial charge is 0.236 e. The molecule has 1 aromatic carbocycles. The van der Waals surface area contributed by atoms with Crippen molar-refractivity contribution in [3.05, 3.63) is 35.6 Å². The second-order valence-electron chi connectivity index (χ2n) is 5.04. The van der Waals surface area contributed by atoms with Gasteiger partial charge >= 0.3 is 0 Å². The first-order valence-corrected chi connectivity index (χ1v) is 6.49. The number of benzene rings is 1. The molecular weight excluding hydrogens is 261 g/mol. The van der Waals surface area contributed by atoms with Gasteiger partial charge in [0.05, 0.1) is 6.42 Å². The molecule has 1 saturated heterocycles. The van der Waals surface area contributed by atoms with Crippen LogP contribution in [0.5, 0.6) is 0 Å². The molecular formula is C14H18FN3O2. The van der Waals surface area contributed by atoms with Crippen molar-refractivity contribution in [2.24, 2.45) is 5.73 Å². The number of carbonyl (C=O) groups excluding carboxylic acids is 2. The zero-order chi connectivity index (χ0) is 14.7. The van der Waals surface area contributed by atoms with Crippen molar-refractivity contribution in [1.29, 1.82) is 0 Å². The third-order valence-electron chi connectivity index (χ3n) is 3.60. The number of hydrogen-bond acceptors (Lipinski definition) is 3. The zero-order valence-electron chi connectivity index (χ0n) is 11.4. The minimum absolute atomic E-state index is 0.0732. The molecule has 1 aliphatic heterocycles. The Balaban J connectivity index is 1.99. The van der Waals surface area contributed by atoms with Gasteiger partial charge in [0, 0.05) is 19.6 Å². The average molecular weight is 279 g/mol. The van der Waals surface area contributed by atoms with Crippen LogP contribution in [-0.4, -0.2) is 54.3 Å². The first-order valence-electron chi connectivity index (χ1n) is 6.49. The highest BCUT2D eigenvalue weighted by atomic mass is 19.1. The summed E-state index contributed by atoms with van der Waals surface area (Å²) in [5, 5.41) is 0. The Hall–Kier alpha value is -1.95. The molecule has 0 bridgehead atoms. The van der Waals surface area contributed by atoms with Crippen LogP contribution in [0.1, 0.15) is 5.56 Å². The Kier molecular flexibility index (Phi) is 4.34. The van der Waals surface area contributed by atoms with Crippen molar-refractivity contribution in [3.63, 3.8) is 0 Å². The van der Waals surface area contributed by atoms with Crippen LogP contribution in [0, 0.1) is 5.82 Å². The number of halogens is 1. The molecule has 1 aromatic rings. The van der Waals surface area contributed by atoms with Gasteiger partial charge in [0.2, 0.25) is 11.8 Å². The molecule has 108 valence electrons. The van der Waals surface area contributed by atoms with Gasteiger partial charge < -0.3 is 10.6 Å². The molecule has 1 heterocycles. The van der Waals surface area contributed by atoms with E-state index in [-0.39, 0.29) is 18.1 Å². The zero-order valence-corrected chi connectivity index (χ0v) is 11.4. The summed E-state index contributed by atoms with van der Waals surface area (Å²) in [5.74, 6) is -0.822. The second kappa shape index (κ2) is 6.00.